The van der Waals surface area contributed by atoms with Crippen molar-refractivity contribution in [3.05, 3.63) is 0 Å². The van der Waals surface area contributed by atoms with Crippen molar-refractivity contribution in [2.75, 3.05) is 26.9 Å². The SMILES string of the molecule is CCOC(=O)CC1CC2COCC(C1)N2C. The van der Waals surface area contributed by atoms with Gasteiger partial charge in [0.2, 0.25) is 0 Å². The summed E-state index contributed by atoms with van der Waals surface area (Å²) in [6, 6.07) is 0.985. The van der Waals surface area contributed by atoms with Gasteiger partial charge >= 0.3 is 5.97 Å². The average molecular weight is 227 g/mol. The normalized spacial score (nSPS) is 34.8. The van der Waals surface area contributed by atoms with Crippen LogP contribution in [0.1, 0.15) is 26.2 Å². The van der Waals surface area contributed by atoms with Crippen molar-refractivity contribution < 1.29 is 14.3 Å². The third kappa shape index (κ3) is 2.55. The van der Waals surface area contributed by atoms with Gasteiger partial charge in [-0.05, 0) is 32.7 Å². The number of hydrogen-bond acceptors (Lipinski definition) is 4. The first-order valence-electron chi connectivity index (χ1n) is 6.16. The Morgan fingerprint density at radius 3 is 2.56 bits per heavy atom. The number of fused-ring (bicyclic) bond motifs is 2. The van der Waals surface area contributed by atoms with Crippen LogP contribution in [-0.2, 0) is 14.3 Å². The Kier molecular flexibility index (Phi) is 3.82. The summed E-state index contributed by atoms with van der Waals surface area (Å²) in [7, 11) is 2.17. The molecule has 4 nitrogen and oxygen atoms in total. The van der Waals surface area contributed by atoms with Crippen LogP contribution in [-0.4, -0.2) is 49.8 Å². The zero-order valence-electron chi connectivity index (χ0n) is 10.1. The molecule has 2 atom stereocenters. The van der Waals surface area contributed by atoms with E-state index < -0.39 is 0 Å². The van der Waals surface area contributed by atoms with Crippen molar-refractivity contribution in [2.45, 2.75) is 38.3 Å². The molecule has 92 valence electrons. The molecule has 2 heterocycles. The molecule has 0 N–H and O–H groups in total. The fourth-order valence-corrected chi connectivity index (χ4v) is 2.83. The van der Waals surface area contributed by atoms with E-state index in [-0.39, 0.29) is 5.97 Å². The summed E-state index contributed by atoms with van der Waals surface area (Å²) < 4.78 is 10.6. The zero-order chi connectivity index (χ0) is 11.5. The number of nitrogens with zero attached hydrogens (tertiary/aromatic N) is 1. The number of hydrogen-bond donors (Lipinski definition) is 0. The number of ether oxygens (including phenoxy) is 2. The van der Waals surface area contributed by atoms with Crippen molar-refractivity contribution in [1.29, 1.82) is 0 Å². The summed E-state index contributed by atoms with van der Waals surface area (Å²) in [6.07, 6.45) is 2.70. The third-order valence-corrected chi connectivity index (χ3v) is 3.74. The van der Waals surface area contributed by atoms with Crippen LogP contribution in [0.25, 0.3) is 0 Å². The molecule has 0 radical (unpaired) electrons. The van der Waals surface area contributed by atoms with Crippen LogP contribution in [0.4, 0.5) is 0 Å². The highest BCUT2D eigenvalue weighted by Crippen LogP contribution is 2.32. The second-order valence-corrected chi connectivity index (χ2v) is 4.86. The fraction of sp³-hybridized carbons (Fsp3) is 0.917. The molecule has 2 rings (SSSR count). The fourth-order valence-electron chi connectivity index (χ4n) is 2.83. The highest BCUT2D eigenvalue weighted by molar-refractivity contribution is 5.69. The Morgan fingerprint density at radius 1 is 1.38 bits per heavy atom. The van der Waals surface area contributed by atoms with Crippen molar-refractivity contribution in [2.24, 2.45) is 5.92 Å². The van der Waals surface area contributed by atoms with Gasteiger partial charge in [0.15, 0.2) is 0 Å². The highest BCUT2D eigenvalue weighted by atomic mass is 16.5. The van der Waals surface area contributed by atoms with Gasteiger partial charge in [0.1, 0.15) is 0 Å². The van der Waals surface area contributed by atoms with Crippen LogP contribution in [0.2, 0.25) is 0 Å². The van der Waals surface area contributed by atoms with Crippen LogP contribution >= 0.6 is 0 Å². The molecule has 2 aliphatic heterocycles. The van der Waals surface area contributed by atoms with E-state index in [1.807, 2.05) is 6.92 Å². The smallest absolute Gasteiger partial charge is 0.306 e. The van der Waals surface area contributed by atoms with Crippen molar-refractivity contribution in [3.63, 3.8) is 0 Å². The van der Waals surface area contributed by atoms with Gasteiger partial charge in [-0.25, -0.2) is 0 Å². The van der Waals surface area contributed by atoms with Crippen LogP contribution < -0.4 is 0 Å². The summed E-state index contributed by atoms with van der Waals surface area (Å²) in [6.45, 7) is 3.97. The number of carbonyl (C=O) groups is 1. The molecule has 2 fully saturated rings. The molecule has 0 aliphatic carbocycles. The monoisotopic (exact) mass is 227 g/mol. The topological polar surface area (TPSA) is 38.8 Å². The summed E-state index contributed by atoms with van der Waals surface area (Å²) in [5, 5.41) is 0. The molecule has 2 bridgehead atoms. The molecule has 0 aromatic rings. The van der Waals surface area contributed by atoms with Gasteiger partial charge in [0.25, 0.3) is 0 Å². The quantitative estimate of drug-likeness (QED) is 0.676. The van der Waals surface area contributed by atoms with Gasteiger partial charge in [0, 0.05) is 18.5 Å². The zero-order valence-corrected chi connectivity index (χ0v) is 10.1. The Balaban J connectivity index is 1.87. The van der Waals surface area contributed by atoms with E-state index in [1.54, 1.807) is 0 Å². The molecule has 0 aromatic carbocycles. The van der Waals surface area contributed by atoms with Gasteiger partial charge in [0.05, 0.1) is 19.8 Å². The molecule has 2 aliphatic rings. The molecule has 2 saturated heterocycles. The lowest BCUT2D eigenvalue weighted by molar-refractivity contribution is -0.146. The molecule has 2 unspecified atom stereocenters. The van der Waals surface area contributed by atoms with E-state index in [9.17, 15) is 4.79 Å². The lowest BCUT2D eigenvalue weighted by Crippen LogP contribution is -2.55. The average Bonchev–Trinajstić information content (AvgIpc) is 2.20. The van der Waals surface area contributed by atoms with E-state index >= 15 is 0 Å². The second-order valence-electron chi connectivity index (χ2n) is 4.86. The molecule has 0 amide bonds. The molecular formula is C12H21NO3. The van der Waals surface area contributed by atoms with Crippen LogP contribution in [0.3, 0.4) is 0 Å². The van der Waals surface area contributed by atoms with Crippen LogP contribution in [0.5, 0.6) is 0 Å². The maximum Gasteiger partial charge on any atom is 0.306 e. The Labute approximate surface area is 96.9 Å². The Hall–Kier alpha value is -0.610. The number of morpholine rings is 1. The van der Waals surface area contributed by atoms with Gasteiger partial charge in [-0.1, -0.05) is 0 Å². The number of esters is 1. The van der Waals surface area contributed by atoms with E-state index in [0.717, 1.165) is 26.1 Å². The van der Waals surface area contributed by atoms with Crippen molar-refractivity contribution in [3.8, 4) is 0 Å². The Bertz CT molecular complexity index is 243. The van der Waals surface area contributed by atoms with E-state index in [4.69, 9.17) is 9.47 Å². The largest absolute Gasteiger partial charge is 0.466 e. The molecule has 4 heteroatoms. The summed E-state index contributed by atoms with van der Waals surface area (Å²) in [5.74, 6) is 0.435. The van der Waals surface area contributed by atoms with Crippen molar-refractivity contribution >= 4 is 5.97 Å². The van der Waals surface area contributed by atoms with Gasteiger partial charge < -0.3 is 9.47 Å². The van der Waals surface area contributed by atoms with Gasteiger partial charge in [-0.15, -0.1) is 0 Å². The predicted molar refractivity (Wildman–Crippen MR) is 60.1 cm³/mol. The van der Waals surface area contributed by atoms with Crippen molar-refractivity contribution in [1.82, 2.24) is 4.90 Å². The lowest BCUT2D eigenvalue weighted by atomic mass is 9.83. The molecule has 0 spiro atoms. The molecule has 0 saturated carbocycles. The standard InChI is InChI=1S/C12H21NO3/c1-3-16-12(14)6-9-4-10-7-15-8-11(5-9)13(10)2/h9-11H,3-8H2,1-2H3. The minimum absolute atomic E-state index is 0.0453. The van der Waals surface area contributed by atoms with E-state index in [1.165, 1.54) is 0 Å². The number of rotatable bonds is 3. The third-order valence-electron chi connectivity index (χ3n) is 3.74. The summed E-state index contributed by atoms with van der Waals surface area (Å²) in [4.78, 5) is 13.9. The van der Waals surface area contributed by atoms with Crippen LogP contribution in [0, 0.1) is 5.92 Å². The molecule has 0 aromatic heterocycles. The minimum Gasteiger partial charge on any atom is -0.466 e. The number of likely N-dealkylation sites (N-methyl/N-ethyl adjacent to an activating group) is 1. The first kappa shape index (κ1) is 11.9. The highest BCUT2D eigenvalue weighted by Gasteiger charge is 2.37. The van der Waals surface area contributed by atoms with E-state index in [0.29, 0.717) is 31.0 Å². The van der Waals surface area contributed by atoms with E-state index in [2.05, 4.69) is 11.9 Å². The first-order valence-corrected chi connectivity index (χ1v) is 6.16. The maximum atomic E-state index is 11.4. The predicted octanol–water partition coefficient (Wildman–Crippen LogP) is 1.05. The maximum absolute atomic E-state index is 11.4. The Morgan fingerprint density at radius 2 is 2.00 bits per heavy atom. The first-order chi connectivity index (χ1) is 7.70. The second kappa shape index (κ2) is 5.15. The van der Waals surface area contributed by atoms with Crippen LogP contribution in [0.15, 0.2) is 0 Å². The van der Waals surface area contributed by atoms with Gasteiger partial charge in [-0.2, -0.15) is 0 Å². The molecular weight excluding hydrogens is 206 g/mol. The molecule has 16 heavy (non-hydrogen) atoms. The number of carbonyl (C=O) groups excluding carboxylic acids is 1. The summed E-state index contributed by atoms with van der Waals surface area (Å²) in [5.41, 5.74) is 0. The lowest BCUT2D eigenvalue weighted by Gasteiger charge is -2.46. The summed E-state index contributed by atoms with van der Waals surface area (Å²) >= 11 is 0. The minimum atomic E-state index is -0.0453. The van der Waals surface area contributed by atoms with Gasteiger partial charge in [-0.3, -0.25) is 9.69 Å². The number of piperidine rings is 1.